The van der Waals surface area contributed by atoms with Gasteiger partial charge in [-0.3, -0.25) is 0 Å². The van der Waals surface area contributed by atoms with E-state index >= 15 is 0 Å². The van der Waals surface area contributed by atoms with Gasteiger partial charge in [0.1, 0.15) is 11.3 Å². The number of benzene rings is 2. The molecule has 1 heterocycles. The summed E-state index contributed by atoms with van der Waals surface area (Å²) in [4.78, 5) is 1.23. The third-order valence-corrected chi connectivity index (χ3v) is 4.66. The van der Waals surface area contributed by atoms with Gasteiger partial charge in [-0.15, -0.1) is 11.8 Å². The molecule has 0 aliphatic rings. The van der Waals surface area contributed by atoms with Gasteiger partial charge < -0.3 is 4.42 Å². The van der Waals surface area contributed by atoms with Crippen LogP contribution in [0.2, 0.25) is 0 Å². The van der Waals surface area contributed by atoms with Gasteiger partial charge >= 0.3 is 0 Å². The van der Waals surface area contributed by atoms with Crippen LogP contribution in [0.4, 0.5) is 0 Å². The molecule has 0 bridgehead atoms. The van der Waals surface area contributed by atoms with E-state index in [4.69, 9.17) is 4.42 Å². The lowest BCUT2D eigenvalue weighted by atomic mass is 10.0. The minimum absolute atomic E-state index is 0.947. The molecule has 0 N–H and O–H groups in total. The first-order valence-corrected chi connectivity index (χ1v) is 8.59. The van der Waals surface area contributed by atoms with E-state index in [2.05, 4.69) is 71.6 Å². The first kappa shape index (κ1) is 13.8. The smallest absolute Gasteiger partial charge is 0.135 e. The van der Waals surface area contributed by atoms with Crippen molar-refractivity contribution in [2.24, 2.45) is 0 Å². The SMILES string of the molecule is CCc1cc(Br)ccc1-c1cc2ccc(SC)cc2o1. The summed E-state index contributed by atoms with van der Waals surface area (Å²) in [5.74, 6) is 0.947. The van der Waals surface area contributed by atoms with E-state index in [9.17, 15) is 0 Å². The van der Waals surface area contributed by atoms with Crippen LogP contribution in [0.3, 0.4) is 0 Å². The van der Waals surface area contributed by atoms with Crippen molar-refractivity contribution in [1.29, 1.82) is 0 Å². The Kier molecular flexibility index (Phi) is 3.90. The number of hydrogen-bond donors (Lipinski definition) is 0. The van der Waals surface area contributed by atoms with Crippen molar-refractivity contribution in [1.82, 2.24) is 0 Å². The lowest BCUT2D eigenvalue weighted by Gasteiger charge is -2.05. The monoisotopic (exact) mass is 346 g/mol. The third-order valence-electron chi connectivity index (χ3n) is 3.44. The molecule has 0 fully saturated rings. The average molecular weight is 347 g/mol. The Balaban J connectivity index is 2.14. The molecule has 1 nitrogen and oxygen atoms in total. The second-order valence-corrected chi connectivity index (χ2v) is 6.46. The maximum atomic E-state index is 6.05. The van der Waals surface area contributed by atoms with E-state index < -0.39 is 0 Å². The van der Waals surface area contributed by atoms with Crippen LogP contribution in [-0.4, -0.2) is 6.26 Å². The Morgan fingerprint density at radius 3 is 2.70 bits per heavy atom. The van der Waals surface area contributed by atoms with Crippen molar-refractivity contribution in [3.05, 3.63) is 52.5 Å². The summed E-state index contributed by atoms with van der Waals surface area (Å²) in [6, 6.07) is 14.8. The van der Waals surface area contributed by atoms with E-state index in [-0.39, 0.29) is 0 Å². The Labute approximate surface area is 131 Å². The van der Waals surface area contributed by atoms with Gasteiger partial charge in [0, 0.05) is 20.3 Å². The zero-order valence-electron chi connectivity index (χ0n) is 11.4. The predicted octanol–water partition coefficient (Wildman–Crippen LogP) is 6.15. The second kappa shape index (κ2) is 5.66. The molecule has 102 valence electrons. The largest absolute Gasteiger partial charge is 0.456 e. The molecule has 0 aliphatic carbocycles. The minimum Gasteiger partial charge on any atom is -0.456 e. The lowest BCUT2D eigenvalue weighted by Crippen LogP contribution is -1.86. The fraction of sp³-hybridized carbons (Fsp3) is 0.176. The van der Waals surface area contributed by atoms with Crippen molar-refractivity contribution in [2.45, 2.75) is 18.2 Å². The minimum atomic E-state index is 0.947. The summed E-state index contributed by atoms with van der Waals surface area (Å²) in [5.41, 5.74) is 3.43. The van der Waals surface area contributed by atoms with Gasteiger partial charge in [-0.1, -0.05) is 22.9 Å². The molecule has 0 saturated carbocycles. The molecule has 3 aromatic rings. The van der Waals surface area contributed by atoms with Crippen LogP contribution in [0.15, 0.2) is 56.2 Å². The van der Waals surface area contributed by atoms with Crippen molar-refractivity contribution in [3.8, 4) is 11.3 Å². The summed E-state index contributed by atoms with van der Waals surface area (Å²) < 4.78 is 7.16. The molecule has 0 amide bonds. The second-order valence-electron chi connectivity index (χ2n) is 4.67. The van der Waals surface area contributed by atoms with Crippen LogP contribution in [0.25, 0.3) is 22.3 Å². The molecule has 2 aromatic carbocycles. The van der Waals surface area contributed by atoms with Crippen LogP contribution in [0, 0.1) is 0 Å². The van der Waals surface area contributed by atoms with Crippen LogP contribution in [-0.2, 0) is 6.42 Å². The van der Waals surface area contributed by atoms with Gasteiger partial charge in [0.15, 0.2) is 0 Å². The predicted molar refractivity (Wildman–Crippen MR) is 90.5 cm³/mol. The summed E-state index contributed by atoms with van der Waals surface area (Å²) in [6.45, 7) is 2.17. The Bertz CT molecular complexity index is 761. The Hall–Kier alpha value is -1.19. The van der Waals surface area contributed by atoms with Crippen LogP contribution in [0.1, 0.15) is 12.5 Å². The molecule has 0 spiro atoms. The number of halogens is 1. The van der Waals surface area contributed by atoms with Crippen molar-refractivity contribution in [2.75, 3.05) is 6.26 Å². The number of aryl methyl sites for hydroxylation is 1. The summed E-state index contributed by atoms with van der Waals surface area (Å²) >= 11 is 5.26. The van der Waals surface area contributed by atoms with Crippen LogP contribution < -0.4 is 0 Å². The fourth-order valence-electron chi connectivity index (χ4n) is 2.37. The first-order chi connectivity index (χ1) is 9.71. The van der Waals surface area contributed by atoms with Crippen LogP contribution in [0.5, 0.6) is 0 Å². The highest BCUT2D eigenvalue weighted by atomic mass is 79.9. The molecule has 0 radical (unpaired) electrons. The highest BCUT2D eigenvalue weighted by molar-refractivity contribution is 9.10. The number of fused-ring (bicyclic) bond motifs is 1. The maximum Gasteiger partial charge on any atom is 0.135 e. The topological polar surface area (TPSA) is 13.1 Å². The molecule has 0 unspecified atom stereocenters. The standard InChI is InChI=1S/C17H15BrOS/c1-3-11-8-13(18)5-7-15(11)17-9-12-4-6-14(20-2)10-16(12)19-17/h4-10H,3H2,1-2H3. The molecular weight excluding hydrogens is 332 g/mol. The van der Waals surface area contributed by atoms with E-state index in [1.807, 2.05) is 0 Å². The van der Waals surface area contributed by atoms with Gasteiger partial charge in [-0.2, -0.15) is 0 Å². The van der Waals surface area contributed by atoms with Crippen LogP contribution >= 0.6 is 27.7 Å². The van der Waals surface area contributed by atoms with E-state index in [0.29, 0.717) is 0 Å². The van der Waals surface area contributed by atoms with Gasteiger partial charge in [-0.25, -0.2) is 0 Å². The third kappa shape index (κ3) is 2.52. The molecule has 20 heavy (non-hydrogen) atoms. The average Bonchev–Trinajstić information content (AvgIpc) is 2.89. The van der Waals surface area contributed by atoms with Crippen molar-refractivity contribution >= 4 is 38.7 Å². The summed E-state index contributed by atoms with van der Waals surface area (Å²) in [6.07, 6.45) is 3.07. The number of hydrogen-bond acceptors (Lipinski definition) is 2. The zero-order valence-corrected chi connectivity index (χ0v) is 13.8. The van der Waals surface area contributed by atoms with Crippen molar-refractivity contribution < 1.29 is 4.42 Å². The molecule has 3 rings (SSSR count). The highest BCUT2D eigenvalue weighted by Gasteiger charge is 2.10. The summed E-state index contributed by atoms with van der Waals surface area (Å²) in [7, 11) is 0. The zero-order chi connectivity index (χ0) is 14.1. The fourth-order valence-corrected chi connectivity index (χ4v) is 3.20. The number of thioether (sulfide) groups is 1. The quantitative estimate of drug-likeness (QED) is 0.528. The van der Waals surface area contributed by atoms with Crippen molar-refractivity contribution in [3.63, 3.8) is 0 Å². The molecule has 1 aromatic heterocycles. The maximum absolute atomic E-state index is 6.05. The number of furan rings is 1. The van der Waals surface area contributed by atoms with Gasteiger partial charge in [-0.05, 0) is 60.7 Å². The number of rotatable bonds is 3. The molecular formula is C17H15BrOS. The van der Waals surface area contributed by atoms with E-state index in [1.54, 1.807) is 11.8 Å². The Morgan fingerprint density at radius 1 is 1.10 bits per heavy atom. The van der Waals surface area contributed by atoms with E-state index in [0.717, 1.165) is 27.6 Å². The molecule has 0 saturated heterocycles. The molecule has 0 aliphatic heterocycles. The van der Waals surface area contributed by atoms with Gasteiger partial charge in [0.25, 0.3) is 0 Å². The summed E-state index contributed by atoms with van der Waals surface area (Å²) in [5, 5.41) is 1.16. The Morgan fingerprint density at radius 2 is 1.95 bits per heavy atom. The molecule has 3 heteroatoms. The highest BCUT2D eigenvalue weighted by Crippen LogP contribution is 2.33. The van der Waals surface area contributed by atoms with Gasteiger partial charge in [0.2, 0.25) is 0 Å². The van der Waals surface area contributed by atoms with E-state index in [1.165, 1.54) is 16.0 Å². The van der Waals surface area contributed by atoms with Gasteiger partial charge in [0.05, 0.1) is 0 Å². The lowest BCUT2D eigenvalue weighted by molar-refractivity contribution is 0.629. The molecule has 0 atom stereocenters. The normalized spacial score (nSPS) is 11.2. The first-order valence-electron chi connectivity index (χ1n) is 6.57.